The number of hydrazine groups is 2. The lowest BCUT2D eigenvalue weighted by atomic mass is 9.96. The molecule has 0 saturated heterocycles. The minimum absolute atomic E-state index is 0.0783. The molecule has 0 unspecified atom stereocenters. The van der Waals surface area contributed by atoms with Crippen LogP contribution in [0.4, 0.5) is 17.1 Å². The third kappa shape index (κ3) is 5.73. The molecule has 0 radical (unpaired) electrons. The number of para-hydroxylation sites is 1. The Bertz CT molecular complexity index is 1900. The average Bonchev–Trinajstić information content (AvgIpc) is 3.37. The highest BCUT2D eigenvalue weighted by Gasteiger charge is 2.40. The molecule has 6 rings (SSSR count). The maximum absolute atomic E-state index is 13.6. The van der Waals surface area contributed by atoms with Crippen molar-refractivity contribution in [1.82, 2.24) is 20.7 Å². The monoisotopic (exact) mass is 613 g/mol. The van der Waals surface area contributed by atoms with Gasteiger partial charge in [0, 0.05) is 17.3 Å². The first kappa shape index (κ1) is 29.3. The molecule has 228 valence electrons. The van der Waals surface area contributed by atoms with E-state index in [2.05, 4.69) is 33.0 Å². The molecule has 4 N–H and O–H groups in total. The smallest absolute Gasteiger partial charge is 0.255 e. The van der Waals surface area contributed by atoms with E-state index < -0.39 is 10.0 Å². The van der Waals surface area contributed by atoms with Crippen LogP contribution in [0.25, 0.3) is 11.4 Å². The summed E-state index contributed by atoms with van der Waals surface area (Å²) < 4.78 is 34.2. The van der Waals surface area contributed by atoms with Gasteiger partial charge in [-0.1, -0.05) is 31.2 Å². The molecule has 4 aromatic rings. The van der Waals surface area contributed by atoms with E-state index in [-0.39, 0.29) is 22.8 Å². The molecule has 1 aromatic heterocycles. The van der Waals surface area contributed by atoms with Gasteiger partial charge < -0.3 is 15.5 Å². The van der Waals surface area contributed by atoms with Crippen LogP contribution in [0.15, 0.2) is 73.1 Å². The Kier molecular flexibility index (Phi) is 7.34. The number of nitrogens with zero attached hydrogens (tertiary/aromatic N) is 3. The summed E-state index contributed by atoms with van der Waals surface area (Å²) in [5.74, 6) is -0.113. The molecule has 0 spiro atoms. The standard InChI is InChI=1S/C32H35N7O4S/c1-20-11-12-22(31(40)34-26-16-23(32(3)13-14-32)17-27(30(26)43-4)36-44(5,41)42)15-29(20)38-19-28(35-37-38)25-18-33-39(21(25)2)24-9-7-6-8-10-24/h6-12,15-19,35-37H,13-14H2,1-5H3,(H,34,40). The zero-order valence-corrected chi connectivity index (χ0v) is 26.0. The van der Waals surface area contributed by atoms with E-state index in [0.29, 0.717) is 11.3 Å². The largest absolute Gasteiger partial charge is 0.492 e. The first-order valence-corrected chi connectivity index (χ1v) is 16.1. The number of hydrogen-bond acceptors (Lipinski definition) is 8. The van der Waals surface area contributed by atoms with Crippen LogP contribution in [-0.2, 0) is 15.4 Å². The van der Waals surface area contributed by atoms with Crippen LogP contribution < -0.4 is 30.7 Å². The summed E-state index contributed by atoms with van der Waals surface area (Å²) in [7, 11) is -2.13. The molecule has 2 aliphatic rings. The van der Waals surface area contributed by atoms with E-state index in [0.717, 1.165) is 58.6 Å². The van der Waals surface area contributed by atoms with Gasteiger partial charge in [0.1, 0.15) is 0 Å². The minimum Gasteiger partial charge on any atom is -0.492 e. The van der Waals surface area contributed by atoms with Gasteiger partial charge in [-0.25, -0.2) is 13.1 Å². The van der Waals surface area contributed by atoms with Crippen molar-refractivity contribution in [2.24, 2.45) is 0 Å². The maximum Gasteiger partial charge on any atom is 0.255 e. The van der Waals surface area contributed by atoms with Crippen LogP contribution in [-0.4, -0.2) is 37.5 Å². The van der Waals surface area contributed by atoms with E-state index in [4.69, 9.17) is 4.74 Å². The third-order valence-electron chi connectivity index (χ3n) is 8.13. The topological polar surface area (TPSA) is 130 Å². The summed E-state index contributed by atoms with van der Waals surface area (Å²) in [6.45, 7) is 6.10. The number of aromatic nitrogens is 2. The number of anilines is 3. The van der Waals surface area contributed by atoms with Crippen LogP contribution in [0, 0.1) is 13.8 Å². The molecule has 44 heavy (non-hydrogen) atoms. The van der Waals surface area contributed by atoms with Gasteiger partial charge in [0.25, 0.3) is 5.91 Å². The predicted octanol–water partition coefficient (Wildman–Crippen LogP) is 5.00. The molecular formula is C32H35N7O4S. The van der Waals surface area contributed by atoms with Crippen LogP contribution >= 0.6 is 0 Å². The highest BCUT2D eigenvalue weighted by molar-refractivity contribution is 7.92. The van der Waals surface area contributed by atoms with Gasteiger partial charge in [-0.05, 0) is 79.6 Å². The van der Waals surface area contributed by atoms with Crippen LogP contribution in [0.1, 0.15) is 52.5 Å². The number of rotatable bonds is 9. The zero-order chi connectivity index (χ0) is 31.2. The van der Waals surface area contributed by atoms with Gasteiger partial charge >= 0.3 is 0 Å². The van der Waals surface area contributed by atoms with Crippen molar-refractivity contribution < 1.29 is 17.9 Å². The number of benzene rings is 3. The second-order valence-corrected chi connectivity index (χ2v) is 13.3. The van der Waals surface area contributed by atoms with Gasteiger partial charge in [0.05, 0.1) is 53.7 Å². The lowest BCUT2D eigenvalue weighted by molar-refractivity contribution is 0.102. The number of hydrogen-bond donors (Lipinski definition) is 4. The summed E-state index contributed by atoms with van der Waals surface area (Å²) in [5.41, 5.74) is 13.8. The number of methoxy groups -OCH3 is 1. The number of aryl methyl sites for hydroxylation is 1. The van der Waals surface area contributed by atoms with Gasteiger partial charge in [0.2, 0.25) is 10.0 Å². The van der Waals surface area contributed by atoms with Gasteiger partial charge in [0.15, 0.2) is 5.75 Å². The molecule has 1 fully saturated rings. The molecule has 1 aliphatic carbocycles. The normalized spacial score (nSPS) is 15.4. The fourth-order valence-electron chi connectivity index (χ4n) is 5.33. The first-order chi connectivity index (χ1) is 21.0. The number of sulfonamides is 1. The van der Waals surface area contributed by atoms with Crippen molar-refractivity contribution in [3.8, 4) is 11.4 Å². The van der Waals surface area contributed by atoms with Crippen molar-refractivity contribution in [2.75, 3.05) is 28.4 Å². The van der Waals surface area contributed by atoms with E-state index in [1.54, 1.807) is 18.2 Å². The Hall–Kier alpha value is -4.81. The van der Waals surface area contributed by atoms with Crippen molar-refractivity contribution >= 4 is 38.7 Å². The molecule has 1 amide bonds. The highest BCUT2D eigenvalue weighted by atomic mass is 32.2. The van der Waals surface area contributed by atoms with Crippen molar-refractivity contribution in [3.63, 3.8) is 0 Å². The average molecular weight is 614 g/mol. The van der Waals surface area contributed by atoms with Crippen molar-refractivity contribution in [1.29, 1.82) is 0 Å². The van der Waals surface area contributed by atoms with Gasteiger partial charge in [-0.15, -0.1) is 5.53 Å². The maximum atomic E-state index is 13.6. The Morgan fingerprint density at radius 2 is 1.77 bits per heavy atom. The number of carbonyl (C=O) groups is 1. The van der Waals surface area contributed by atoms with Crippen molar-refractivity contribution in [2.45, 2.75) is 39.0 Å². The Labute approximate surface area is 256 Å². The molecule has 1 aliphatic heterocycles. The Morgan fingerprint density at radius 3 is 2.45 bits per heavy atom. The lowest BCUT2D eigenvalue weighted by Gasteiger charge is -2.20. The number of nitrogens with one attached hydrogen (secondary N) is 4. The fourth-order valence-corrected chi connectivity index (χ4v) is 5.88. The van der Waals surface area contributed by atoms with E-state index in [1.807, 2.05) is 78.4 Å². The molecule has 3 aromatic carbocycles. The van der Waals surface area contributed by atoms with Crippen LogP contribution in [0.2, 0.25) is 0 Å². The highest BCUT2D eigenvalue weighted by Crippen LogP contribution is 2.51. The van der Waals surface area contributed by atoms with Gasteiger partial charge in [-0.2, -0.15) is 5.10 Å². The molecular weight excluding hydrogens is 578 g/mol. The molecule has 12 heteroatoms. The quantitative estimate of drug-likeness (QED) is 0.208. The Balaban J connectivity index is 1.28. The molecule has 1 saturated carbocycles. The van der Waals surface area contributed by atoms with Crippen LogP contribution in [0.5, 0.6) is 5.75 Å². The van der Waals surface area contributed by atoms with E-state index in [1.165, 1.54) is 7.11 Å². The Morgan fingerprint density at radius 1 is 1.05 bits per heavy atom. The fraction of sp³-hybridized carbons (Fsp3) is 0.250. The van der Waals surface area contributed by atoms with E-state index in [9.17, 15) is 13.2 Å². The summed E-state index contributed by atoms with van der Waals surface area (Å²) in [5, 5.41) is 9.36. The predicted molar refractivity (Wildman–Crippen MR) is 172 cm³/mol. The number of amides is 1. The lowest BCUT2D eigenvalue weighted by Crippen LogP contribution is -2.36. The summed E-state index contributed by atoms with van der Waals surface area (Å²) >= 11 is 0. The second kappa shape index (κ2) is 11.0. The van der Waals surface area contributed by atoms with Crippen molar-refractivity contribution in [3.05, 3.63) is 101 Å². The number of ether oxygens (including phenoxy) is 1. The molecule has 0 atom stereocenters. The molecule has 0 bridgehead atoms. The third-order valence-corrected chi connectivity index (χ3v) is 8.73. The summed E-state index contributed by atoms with van der Waals surface area (Å²) in [6.07, 6.45) is 6.78. The van der Waals surface area contributed by atoms with E-state index >= 15 is 0 Å². The minimum atomic E-state index is -3.58. The first-order valence-electron chi connectivity index (χ1n) is 14.2. The summed E-state index contributed by atoms with van der Waals surface area (Å²) in [6, 6.07) is 19.0. The zero-order valence-electron chi connectivity index (χ0n) is 25.2. The second-order valence-electron chi connectivity index (χ2n) is 11.5. The SMILES string of the molecule is COc1c(NC(=O)c2ccc(C)c(N3C=C(c4cnn(-c5ccccc5)c4C)NN3)c2)cc(C2(C)CC2)cc1NS(C)(=O)=O. The van der Waals surface area contributed by atoms with Gasteiger partial charge in [-0.3, -0.25) is 14.5 Å². The van der Waals surface area contributed by atoms with Crippen LogP contribution in [0.3, 0.4) is 0 Å². The molecule has 2 heterocycles. The number of carbonyl (C=O) groups excluding carboxylic acids is 1. The summed E-state index contributed by atoms with van der Waals surface area (Å²) in [4.78, 5) is 13.6. The molecule has 11 nitrogen and oxygen atoms in total.